The maximum absolute atomic E-state index is 13.2. The zero-order valence-electron chi connectivity index (χ0n) is 17.6. The minimum absolute atomic E-state index is 0. The second-order valence-corrected chi connectivity index (χ2v) is 7.29. The highest BCUT2D eigenvalue weighted by molar-refractivity contribution is 6.08. The van der Waals surface area contributed by atoms with Gasteiger partial charge in [0, 0.05) is 15.0 Å². The van der Waals surface area contributed by atoms with Crippen LogP contribution in [0.5, 0.6) is 0 Å². The largest absolute Gasteiger partial charge is 0.368 e. The number of benzene rings is 1. The molecule has 0 aromatic heterocycles. The lowest BCUT2D eigenvalue weighted by Crippen LogP contribution is -2.51. The van der Waals surface area contributed by atoms with Crippen molar-refractivity contribution in [1.29, 1.82) is 0 Å². The SMILES string of the molecule is Cl.[2H]C1([2H])[C@@H](C(N)=O)N(C(=O)[C@H](CC(C)C)NC)C[C@@]12C(=O)Nc1ccccc12. The van der Waals surface area contributed by atoms with Crippen molar-refractivity contribution in [3.63, 3.8) is 0 Å². The van der Waals surface area contributed by atoms with Crippen LogP contribution in [0.25, 0.3) is 0 Å². The average Bonchev–Trinajstić information content (AvgIpc) is 3.04. The number of nitrogens with two attached hydrogens (primary N) is 1. The summed E-state index contributed by atoms with van der Waals surface area (Å²) in [7, 11) is 1.64. The number of hydrogen-bond acceptors (Lipinski definition) is 4. The first-order valence-corrected chi connectivity index (χ1v) is 8.76. The lowest BCUT2D eigenvalue weighted by molar-refractivity contribution is -0.139. The molecule has 2 aliphatic rings. The van der Waals surface area contributed by atoms with Gasteiger partial charge in [-0.25, -0.2) is 0 Å². The van der Waals surface area contributed by atoms with E-state index in [1.165, 1.54) is 0 Å². The monoisotopic (exact) mass is 396 g/mol. The summed E-state index contributed by atoms with van der Waals surface area (Å²) in [6, 6.07) is 4.62. The molecule has 7 nitrogen and oxygen atoms in total. The van der Waals surface area contributed by atoms with Crippen LogP contribution in [0.2, 0.25) is 0 Å². The van der Waals surface area contributed by atoms with Gasteiger partial charge in [0.05, 0.1) is 11.5 Å². The van der Waals surface area contributed by atoms with Gasteiger partial charge in [0.1, 0.15) is 6.04 Å². The topological polar surface area (TPSA) is 105 Å². The highest BCUT2D eigenvalue weighted by atomic mass is 35.5. The molecule has 3 atom stereocenters. The van der Waals surface area contributed by atoms with Crippen LogP contribution >= 0.6 is 12.4 Å². The number of nitrogens with one attached hydrogen (secondary N) is 2. The molecule has 1 aromatic rings. The Labute approximate surface area is 168 Å². The van der Waals surface area contributed by atoms with Gasteiger partial charge in [-0.05, 0) is 37.4 Å². The van der Waals surface area contributed by atoms with E-state index in [1.807, 2.05) is 13.8 Å². The fourth-order valence-electron chi connectivity index (χ4n) is 3.76. The minimum Gasteiger partial charge on any atom is -0.368 e. The molecule has 8 heteroatoms. The highest BCUT2D eigenvalue weighted by Gasteiger charge is 2.57. The molecule has 2 aliphatic heterocycles. The molecular formula is C19H27ClN4O3. The van der Waals surface area contributed by atoms with Gasteiger partial charge in [0.2, 0.25) is 17.7 Å². The number of likely N-dealkylation sites (N-methyl/N-ethyl adjacent to an activating group) is 1. The minimum atomic E-state index is -2.36. The molecule has 2 heterocycles. The quantitative estimate of drug-likeness (QED) is 0.691. The zero-order valence-corrected chi connectivity index (χ0v) is 16.4. The standard InChI is InChI=1S/C19H26N4O3.ClH/c1-11(2)8-14(21-3)17(25)23-10-19(9-15(23)16(20)24)12-6-4-5-7-13(12)22-18(19)26;/h4-7,11,14-15,21H,8-10H2,1-3H3,(H2,20,24)(H,22,26);1H/t14-,15-,19-;/m0./s1/i9D2;. The van der Waals surface area contributed by atoms with Gasteiger partial charge in [-0.1, -0.05) is 32.0 Å². The Morgan fingerprint density at radius 3 is 2.70 bits per heavy atom. The van der Waals surface area contributed by atoms with Crippen LogP contribution in [0.1, 0.15) is 34.9 Å². The van der Waals surface area contributed by atoms with Crippen molar-refractivity contribution in [2.24, 2.45) is 11.7 Å². The first kappa shape index (κ1) is 18.3. The van der Waals surface area contributed by atoms with Gasteiger partial charge in [0.15, 0.2) is 0 Å². The zero-order chi connectivity index (χ0) is 20.9. The third-order valence-corrected chi connectivity index (χ3v) is 5.03. The molecule has 3 rings (SSSR count). The van der Waals surface area contributed by atoms with E-state index in [1.54, 1.807) is 31.3 Å². The molecule has 0 bridgehead atoms. The van der Waals surface area contributed by atoms with Crippen molar-refractivity contribution in [3.05, 3.63) is 29.8 Å². The number of carbonyl (C=O) groups excluding carboxylic acids is 3. The Morgan fingerprint density at radius 1 is 1.44 bits per heavy atom. The molecule has 0 radical (unpaired) electrons. The summed E-state index contributed by atoms with van der Waals surface area (Å²) in [5.41, 5.74) is 4.78. The molecule has 0 saturated carbocycles. The van der Waals surface area contributed by atoms with E-state index >= 15 is 0 Å². The predicted octanol–water partition coefficient (Wildman–Crippen LogP) is 1.02. The van der Waals surface area contributed by atoms with Crippen molar-refractivity contribution in [2.75, 3.05) is 18.9 Å². The second kappa shape index (κ2) is 7.86. The highest BCUT2D eigenvalue weighted by Crippen LogP contribution is 2.46. The summed E-state index contributed by atoms with van der Waals surface area (Å²) in [6.45, 7) is 3.69. The number of nitrogens with zero attached hydrogens (tertiary/aromatic N) is 1. The second-order valence-electron chi connectivity index (χ2n) is 7.29. The normalized spacial score (nSPS) is 27.5. The molecule has 27 heavy (non-hydrogen) atoms. The summed E-state index contributed by atoms with van der Waals surface area (Å²) in [5, 5.41) is 5.64. The summed E-state index contributed by atoms with van der Waals surface area (Å²) in [4.78, 5) is 39.6. The predicted molar refractivity (Wildman–Crippen MR) is 106 cm³/mol. The number of likely N-dealkylation sites (tertiary alicyclic amines) is 1. The van der Waals surface area contributed by atoms with Gasteiger partial charge in [-0.15, -0.1) is 12.4 Å². The third kappa shape index (κ3) is 3.53. The van der Waals surface area contributed by atoms with E-state index < -0.39 is 41.6 Å². The van der Waals surface area contributed by atoms with E-state index in [4.69, 9.17) is 8.48 Å². The number of amides is 3. The van der Waals surface area contributed by atoms with Gasteiger partial charge < -0.3 is 21.3 Å². The van der Waals surface area contributed by atoms with E-state index in [0.29, 0.717) is 17.7 Å². The fraction of sp³-hybridized carbons (Fsp3) is 0.526. The number of hydrogen-bond donors (Lipinski definition) is 3. The Morgan fingerprint density at radius 2 is 2.11 bits per heavy atom. The molecule has 1 spiro atoms. The van der Waals surface area contributed by atoms with Crippen molar-refractivity contribution < 1.29 is 17.1 Å². The van der Waals surface area contributed by atoms with Crippen molar-refractivity contribution in [1.82, 2.24) is 10.2 Å². The lowest BCUT2D eigenvalue weighted by atomic mass is 9.79. The number of primary amides is 1. The third-order valence-electron chi connectivity index (χ3n) is 5.03. The van der Waals surface area contributed by atoms with Crippen molar-refractivity contribution >= 4 is 35.8 Å². The van der Waals surface area contributed by atoms with Crippen LogP contribution in [0.15, 0.2) is 24.3 Å². The van der Waals surface area contributed by atoms with Crippen LogP contribution in [0, 0.1) is 5.92 Å². The number of para-hydroxylation sites is 1. The number of carbonyl (C=O) groups is 3. The molecule has 148 valence electrons. The first-order valence-electron chi connectivity index (χ1n) is 9.76. The Hall–Kier alpha value is -2.12. The van der Waals surface area contributed by atoms with Crippen molar-refractivity contribution in [2.45, 2.75) is 44.1 Å². The van der Waals surface area contributed by atoms with E-state index in [2.05, 4.69) is 10.6 Å². The van der Waals surface area contributed by atoms with Gasteiger partial charge in [-0.3, -0.25) is 14.4 Å². The molecular weight excluding hydrogens is 368 g/mol. The molecule has 4 N–H and O–H groups in total. The van der Waals surface area contributed by atoms with E-state index in [0.717, 1.165) is 4.90 Å². The molecule has 3 amide bonds. The number of halogens is 1. The fourth-order valence-corrected chi connectivity index (χ4v) is 3.76. The van der Waals surface area contributed by atoms with Crippen LogP contribution in [-0.4, -0.2) is 48.3 Å². The summed E-state index contributed by atoms with van der Waals surface area (Å²) in [6.07, 6.45) is -1.85. The number of anilines is 1. The smallest absolute Gasteiger partial charge is 0.240 e. The lowest BCUT2D eigenvalue weighted by Gasteiger charge is -2.28. The maximum atomic E-state index is 13.2. The van der Waals surface area contributed by atoms with Crippen LogP contribution in [0.3, 0.4) is 0 Å². The summed E-state index contributed by atoms with van der Waals surface area (Å²) < 4.78 is 17.5. The summed E-state index contributed by atoms with van der Waals surface area (Å²) in [5.74, 6) is -1.76. The van der Waals surface area contributed by atoms with Gasteiger partial charge in [0.25, 0.3) is 0 Å². The molecule has 0 aliphatic carbocycles. The summed E-state index contributed by atoms with van der Waals surface area (Å²) >= 11 is 0. The number of rotatable bonds is 5. The van der Waals surface area contributed by atoms with E-state index in [9.17, 15) is 14.4 Å². The molecule has 1 saturated heterocycles. The Balaban J connectivity index is 0.00000300. The van der Waals surface area contributed by atoms with Gasteiger partial charge in [-0.2, -0.15) is 0 Å². The molecule has 0 unspecified atom stereocenters. The van der Waals surface area contributed by atoms with Gasteiger partial charge >= 0.3 is 0 Å². The van der Waals surface area contributed by atoms with Crippen LogP contribution in [-0.2, 0) is 19.8 Å². The first-order chi connectivity index (χ1) is 13.1. The van der Waals surface area contributed by atoms with Crippen LogP contribution in [0.4, 0.5) is 5.69 Å². The van der Waals surface area contributed by atoms with Crippen molar-refractivity contribution in [3.8, 4) is 0 Å². The maximum Gasteiger partial charge on any atom is 0.240 e. The van der Waals surface area contributed by atoms with E-state index in [-0.39, 0.29) is 24.9 Å². The molecule has 1 aromatic carbocycles. The average molecular weight is 397 g/mol. The van der Waals surface area contributed by atoms with Crippen LogP contribution < -0.4 is 16.4 Å². The molecule has 1 fully saturated rings. The Kier molecular flexibility index (Phi) is 5.31. The Bertz CT molecular complexity index is 835. The number of fused-ring (bicyclic) bond motifs is 2.